The minimum atomic E-state index is -0.593. The molecule has 8 nitrogen and oxygen atoms in total. The van der Waals surface area contributed by atoms with E-state index in [1.165, 1.54) is 16.2 Å². The van der Waals surface area contributed by atoms with Crippen LogP contribution in [-0.4, -0.2) is 40.4 Å². The number of aromatic nitrogens is 1. The first-order valence-electron chi connectivity index (χ1n) is 12.7. The molecule has 2 aromatic carbocycles. The second-order valence-electron chi connectivity index (χ2n) is 9.46. The predicted octanol–water partition coefficient (Wildman–Crippen LogP) is 5.68. The molecule has 1 saturated heterocycles. The number of anilines is 2. The molecule has 1 aliphatic carbocycles. The monoisotopic (exact) mass is 518 g/mol. The third-order valence-corrected chi connectivity index (χ3v) is 7.83. The van der Waals surface area contributed by atoms with Crippen LogP contribution in [-0.2, 0) is 20.9 Å². The molecule has 0 bridgehead atoms. The molecule has 0 radical (unpaired) electrons. The number of thiazole rings is 1. The van der Waals surface area contributed by atoms with Crippen molar-refractivity contribution < 1.29 is 19.1 Å². The minimum absolute atomic E-state index is 0.0790. The summed E-state index contributed by atoms with van der Waals surface area (Å²) in [5.74, 6) is -0.0948. The minimum Gasteiger partial charge on any atom is -0.445 e. The summed E-state index contributed by atoms with van der Waals surface area (Å²) in [4.78, 5) is 44.9. The molecule has 2 fully saturated rings. The van der Waals surface area contributed by atoms with Gasteiger partial charge in [-0.2, -0.15) is 0 Å². The van der Waals surface area contributed by atoms with Gasteiger partial charge >= 0.3 is 6.09 Å². The average Bonchev–Trinajstić information content (AvgIpc) is 3.70. The highest BCUT2D eigenvalue weighted by molar-refractivity contribution is 7.19. The lowest BCUT2D eigenvalue weighted by atomic mass is 10.1. The second-order valence-corrected chi connectivity index (χ2v) is 10.5. The summed E-state index contributed by atoms with van der Waals surface area (Å²) in [6.07, 6.45) is 6.66. The Kier molecular flexibility index (Phi) is 7.79. The molecule has 2 aliphatic rings. The van der Waals surface area contributed by atoms with E-state index in [1.807, 2.05) is 54.6 Å². The summed E-state index contributed by atoms with van der Waals surface area (Å²) < 4.78 is 5.44. The molecule has 1 aliphatic heterocycles. The highest BCUT2D eigenvalue weighted by Gasteiger charge is 2.35. The van der Waals surface area contributed by atoms with Crippen LogP contribution < -0.4 is 10.6 Å². The maximum Gasteiger partial charge on any atom is 0.410 e. The molecule has 9 heteroatoms. The van der Waals surface area contributed by atoms with E-state index in [-0.39, 0.29) is 24.3 Å². The third-order valence-electron chi connectivity index (χ3n) is 6.87. The lowest BCUT2D eigenvalue weighted by Gasteiger charge is -2.22. The van der Waals surface area contributed by atoms with E-state index >= 15 is 0 Å². The first-order chi connectivity index (χ1) is 18.1. The highest BCUT2D eigenvalue weighted by atomic mass is 32.1. The molecule has 1 aromatic heterocycles. The van der Waals surface area contributed by atoms with Crippen LogP contribution in [0.5, 0.6) is 0 Å². The molecule has 0 spiro atoms. The Morgan fingerprint density at radius 1 is 0.946 bits per heavy atom. The van der Waals surface area contributed by atoms with Gasteiger partial charge in [0.25, 0.3) is 0 Å². The number of hydrogen-bond acceptors (Lipinski definition) is 6. The van der Waals surface area contributed by atoms with E-state index in [1.54, 1.807) is 6.20 Å². The average molecular weight is 519 g/mol. The van der Waals surface area contributed by atoms with E-state index in [0.717, 1.165) is 53.8 Å². The van der Waals surface area contributed by atoms with Crippen molar-refractivity contribution in [3.8, 4) is 10.4 Å². The Hall–Kier alpha value is -3.72. The van der Waals surface area contributed by atoms with Crippen LogP contribution in [0.3, 0.4) is 0 Å². The van der Waals surface area contributed by atoms with Crippen molar-refractivity contribution in [2.24, 2.45) is 5.92 Å². The number of ether oxygens (including phenoxy) is 1. The summed E-state index contributed by atoms with van der Waals surface area (Å²) in [6.45, 7) is 0.648. The summed E-state index contributed by atoms with van der Waals surface area (Å²) in [5.41, 5.74) is 2.56. The highest BCUT2D eigenvalue weighted by Crippen LogP contribution is 2.32. The maximum atomic E-state index is 13.0. The van der Waals surface area contributed by atoms with Crippen molar-refractivity contribution in [1.82, 2.24) is 9.88 Å². The number of benzene rings is 2. The van der Waals surface area contributed by atoms with Crippen LogP contribution in [0.15, 0.2) is 60.8 Å². The number of nitrogens with zero attached hydrogens (tertiary/aromatic N) is 2. The zero-order chi connectivity index (χ0) is 25.6. The van der Waals surface area contributed by atoms with Crippen LogP contribution in [0.25, 0.3) is 10.4 Å². The molecule has 2 N–H and O–H groups in total. The zero-order valence-electron chi connectivity index (χ0n) is 20.5. The van der Waals surface area contributed by atoms with E-state index in [9.17, 15) is 14.4 Å². The van der Waals surface area contributed by atoms with Gasteiger partial charge in [0, 0.05) is 24.3 Å². The molecule has 1 saturated carbocycles. The molecular formula is C28H30N4O4S. The van der Waals surface area contributed by atoms with E-state index < -0.39 is 12.1 Å². The van der Waals surface area contributed by atoms with Gasteiger partial charge in [0.1, 0.15) is 12.6 Å². The number of rotatable bonds is 7. The number of carbonyl (C=O) groups excluding carboxylic acids is 3. The van der Waals surface area contributed by atoms with Gasteiger partial charge in [-0.25, -0.2) is 9.78 Å². The van der Waals surface area contributed by atoms with Crippen molar-refractivity contribution in [2.45, 2.75) is 51.2 Å². The van der Waals surface area contributed by atoms with Crippen LogP contribution in [0.1, 0.15) is 44.1 Å². The van der Waals surface area contributed by atoms with Crippen molar-refractivity contribution in [3.05, 3.63) is 66.4 Å². The van der Waals surface area contributed by atoms with Crippen LogP contribution in [0, 0.1) is 5.92 Å². The van der Waals surface area contributed by atoms with Crippen LogP contribution in [0.2, 0.25) is 0 Å². The fourth-order valence-corrected chi connectivity index (χ4v) is 5.71. The van der Waals surface area contributed by atoms with Crippen molar-refractivity contribution in [2.75, 3.05) is 17.2 Å². The summed E-state index contributed by atoms with van der Waals surface area (Å²) in [5, 5.41) is 6.36. The van der Waals surface area contributed by atoms with Gasteiger partial charge in [-0.05, 0) is 48.9 Å². The first-order valence-corrected chi connectivity index (χ1v) is 13.5. The van der Waals surface area contributed by atoms with Gasteiger partial charge in [0.15, 0.2) is 5.13 Å². The standard InChI is InChI=1S/C28H30N4O4S/c33-25(20-10-4-5-11-20)30-22-13-6-12-21(16-22)24-17-29-27(37-24)31-26(34)23-14-7-15-32(23)28(35)36-18-19-8-2-1-3-9-19/h1-3,6,8-9,12-13,16-17,20,23H,4-5,7,10-11,14-15,18H2,(H,30,33)(H,29,31,34). The molecule has 37 heavy (non-hydrogen) atoms. The summed E-state index contributed by atoms with van der Waals surface area (Å²) in [7, 11) is 0. The van der Waals surface area contributed by atoms with Crippen molar-refractivity contribution in [3.63, 3.8) is 0 Å². The maximum absolute atomic E-state index is 13.0. The Bertz CT molecular complexity index is 1260. The second kappa shape index (κ2) is 11.6. The molecule has 5 rings (SSSR count). The van der Waals surface area contributed by atoms with Gasteiger partial charge in [0.2, 0.25) is 11.8 Å². The molecular weight excluding hydrogens is 488 g/mol. The van der Waals surface area contributed by atoms with E-state index in [2.05, 4.69) is 15.6 Å². The van der Waals surface area contributed by atoms with Gasteiger partial charge in [0.05, 0.1) is 4.88 Å². The number of amides is 3. The number of likely N-dealkylation sites (tertiary alicyclic amines) is 1. The fraction of sp³-hybridized carbons (Fsp3) is 0.357. The van der Waals surface area contributed by atoms with E-state index in [4.69, 9.17) is 4.74 Å². The van der Waals surface area contributed by atoms with Gasteiger partial charge in [-0.1, -0.05) is 66.6 Å². The summed E-state index contributed by atoms with van der Waals surface area (Å²) in [6, 6.07) is 16.5. The Morgan fingerprint density at radius 3 is 2.57 bits per heavy atom. The number of nitrogens with one attached hydrogen (secondary N) is 2. The lowest BCUT2D eigenvalue weighted by molar-refractivity contribution is -0.120. The van der Waals surface area contributed by atoms with Crippen molar-refractivity contribution >= 4 is 40.1 Å². The molecule has 2 heterocycles. The quantitative estimate of drug-likeness (QED) is 0.419. The largest absolute Gasteiger partial charge is 0.445 e. The Balaban J connectivity index is 1.18. The van der Waals surface area contributed by atoms with Gasteiger partial charge in [-0.15, -0.1) is 0 Å². The fourth-order valence-electron chi connectivity index (χ4n) is 4.90. The Morgan fingerprint density at radius 2 is 1.76 bits per heavy atom. The SMILES string of the molecule is O=C(Nc1cccc(-c2cnc(NC(=O)C3CCCN3C(=O)OCc3ccccc3)s2)c1)C1CCCC1. The van der Waals surface area contributed by atoms with Crippen LogP contribution in [0.4, 0.5) is 15.6 Å². The molecule has 1 unspecified atom stereocenters. The first kappa shape index (κ1) is 25.0. The topological polar surface area (TPSA) is 101 Å². The lowest BCUT2D eigenvalue weighted by Crippen LogP contribution is -2.43. The molecule has 3 aromatic rings. The predicted molar refractivity (Wildman–Crippen MR) is 143 cm³/mol. The third kappa shape index (κ3) is 6.17. The van der Waals surface area contributed by atoms with E-state index in [0.29, 0.717) is 18.1 Å². The molecule has 1 atom stereocenters. The van der Waals surface area contributed by atoms with Crippen LogP contribution >= 0.6 is 11.3 Å². The zero-order valence-corrected chi connectivity index (χ0v) is 21.3. The van der Waals surface area contributed by atoms with Gasteiger partial charge < -0.3 is 15.4 Å². The smallest absolute Gasteiger partial charge is 0.410 e. The Labute approximate surface area is 220 Å². The summed E-state index contributed by atoms with van der Waals surface area (Å²) >= 11 is 1.35. The number of carbonyl (C=O) groups is 3. The number of hydrogen-bond donors (Lipinski definition) is 2. The van der Waals surface area contributed by atoms with Crippen molar-refractivity contribution in [1.29, 1.82) is 0 Å². The van der Waals surface area contributed by atoms with Gasteiger partial charge in [-0.3, -0.25) is 14.5 Å². The molecule has 192 valence electrons. The molecule has 3 amide bonds. The normalized spacial score (nSPS) is 17.5.